The molecule has 0 radical (unpaired) electrons. The van der Waals surface area contributed by atoms with Gasteiger partial charge >= 0.3 is 0 Å². The molecule has 0 amide bonds. The molecule has 0 aromatic heterocycles. The molecule has 2 nitrogen and oxygen atoms in total. The zero-order valence-corrected chi connectivity index (χ0v) is 11.9. The van der Waals surface area contributed by atoms with E-state index in [9.17, 15) is 0 Å². The van der Waals surface area contributed by atoms with Crippen molar-refractivity contribution in [2.45, 2.75) is 55.5 Å². The molecule has 0 aromatic carbocycles. The first kappa shape index (κ1) is 13.7. The fourth-order valence-corrected chi connectivity index (χ4v) is 2.45. The van der Waals surface area contributed by atoms with E-state index in [2.05, 4.69) is 29.5 Å². The van der Waals surface area contributed by atoms with Crippen LogP contribution in [0.3, 0.4) is 0 Å². The standard InChI is InChI=1S/C12H23IO2/c1-2-3-4-5-6-7-8-15-12-10-14-9-11(12)13/h11-12H,2-10H2,1H3. The van der Waals surface area contributed by atoms with Gasteiger partial charge in [0.15, 0.2) is 0 Å². The number of alkyl halides is 1. The van der Waals surface area contributed by atoms with Crippen molar-refractivity contribution in [2.75, 3.05) is 19.8 Å². The first-order valence-corrected chi connectivity index (χ1v) is 7.42. The van der Waals surface area contributed by atoms with E-state index in [4.69, 9.17) is 9.47 Å². The summed E-state index contributed by atoms with van der Waals surface area (Å²) in [6, 6.07) is 0. The van der Waals surface area contributed by atoms with Gasteiger partial charge in [-0.3, -0.25) is 0 Å². The third-order valence-corrected chi connectivity index (χ3v) is 3.95. The third-order valence-electron chi connectivity index (χ3n) is 2.79. The zero-order valence-electron chi connectivity index (χ0n) is 9.71. The van der Waals surface area contributed by atoms with E-state index in [1.54, 1.807) is 0 Å². The summed E-state index contributed by atoms with van der Waals surface area (Å²) in [5.74, 6) is 0. The first-order valence-electron chi connectivity index (χ1n) is 6.18. The van der Waals surface area contributed by atoms with Gasteiger partial charge in [0.2, 0.25) is 0 Å². The Morgan fingerprint density at radius 2 is 1.87 bits per heavy atom. The molecule has 0 saturated carbocycles. The van der Waals surface area contributed by atoms with Gasteiger partial charge in [0.05, 0.1) is 23.2 Å². The normalized spacial score (nSPS) is 26.0. The van der Waals surface area contributed by atoms with Crippen LogP contribution >= 0.6 is 22.6 Å². The molecule has 15 heavy (non-hydrogen) atoms. The maximum absolute atomic E-state index is 5.79. The van der Waals surface area contributed by atoms with Gasteiger partial charge in [-0.05, 0) is 6.42 Å². The van der Waals surface area contributed by atoms with Gasteiger partial charge in [0.1, 0.15) is 0 Å². The highest BCUT2D eigenvalue weighted by molar-refractivity contribution is 14.1. The molecule has 90 valence electrons. The third kappa shape index (κ3) is 6.07. The van der Waals surface area contributed by atoms with Crippen molar-refractivity contribution in [2.24, 2.45) is 0 Å². The highest BCUT2D eigenvalue weighted by Crippen LogP contribution is 2.18. The second-order valence-corrected chi connectivity index (χ2v) is 5.83. The van der Waals surface area contributed by atoms with Crippen molar-refractivity contribution in [3.63, 3.8) is 0 Å². The van der Waals surface area contributed by atoms with Crippen molar-refractivity contribution < 1.29 is 9.47 Å². The first-order chi connectivity index (χ1) is 7.34. The molecular weight excluding hydrogens is 303 g/mol. The number of hydrogen-bond donors (Lipinski definition) is 0. The average molecular weight is 326 g/mol. The van der Waals surface area contributed by atoms with Crippen LogP contribution in [0, 0.1) is 0 Å². The highest BCUT2D eigenvalue weighted by atomic mass is 127. The predicted molar refractivity (Wildman–Crippen MR) is 71.7 cm³/mol. The number of rotatable bonds is 8. The van der Waals surface area contributed by atoms with E-state index in [0.29, 0.717) is 10.0 Å². The summed E-state index contributed by atoms with van der Waals surface area (Å²) in [6.45, 7) is 4.83. The largest absolute Gasteiger partial charge is 0.378 e. The second-order valence-electron chi connectivity index (χ2n) is 4.23. The van der Waals surface area contributed by atoms with Crippen molar-refractivity contribution in [1.82, 2.24) is 0 Å². The predicted octanol–water partition coefficient (Wildman–Crippen LogP) is 3.57. The topological polar surface area (TPSA) is 18.5 Å². The summed E-state index contributed by atoms with van der Waals surface area (Å²) in [6.07, 6.45) is 8.34. The summed E-state index contributed by atoms with van der Waals surface area (Å²) in [7, 11) is 0. The minimum Gasteiger partial charge on any atom is -0.378 e. The molecule has 0 aromatic rings. The van der Waals surface area contributed by atoms with E-state index >= 15 is 0 Å². The molecule has 1 heterocycles. The Hall–Kier alpha value is 0.650. The average Bonchev–Trinajstić information content (AvgIpc) is 2.63. The van der Waals surface area contributed by atoms with E-state index in [1.165, 1.54) is 38.5 Å². The molecule has 1 fully saturated rings. The Kier molecular flexibility index (Phi) is 8.01. The Labute approximate surface area is 107 Å². The quantitative estimate of drug-likeness (QED) is 0.386. The van der Waals surface area contributed by atoms with Crippen LogP contribution < -0.4 is 0 Å². The lowest BCUT2D eigenvalue weighted by atomic mass is 10.1. The molecule has 0 spiro atoms. The van der Waals surface area contributed by atoms with Gasteiger partial charge in [-0.1, -0.05) is 61.6 Å². The molecule has 0 N–H and O–H groups in total. The van der Waals surface area contributed by atoms with Gasteiger partial charge in [-0.2, -0.15) is 0 Å². The second kappa shape index (κ2) is 8.76. The van der Waals surface area contributed by atoms with Gasteiger partial charge < -0.3 is 9.47 Å². The Balaban J connectivity index is 1.84. The van der Waals surface area contributed by atoms with E-state index < -0.39 is 0 Å². The van der Waals surface area contributed by atoms with Crippen molar-refractivity contribution >= 4 is 22.6 Å². The molecule has 3 heteroatoms. The molecule has 0 bridgehead atoms. The minimum absolute atomic E-state index is 0.348. The van der Waals surface area contributed by atoms with Crippen molar-refractivity contribution in [1.29, 1.82) is 0 Å². The molecule has 1 aliphatic rings. The number of unbranched alkanes of at least 4 members (excludes halogenated alkanes) is 5. The lowest BCUT2D eigenvalue weighted by molar-refractivity contribution is 0.0433. The summed E-state index contributed by atoms with van der Waals surface area (Å²) >= 11 is 2.42. The number of ether oxygens (including phenoxy) is 2. The Morgan fingerprint density at radius 1 is 1.13 bits per heavy atom. The zero-order chi connectivity index (χ0) is 10.9. The Bertz CT molecular complexity index is 153. The van der Waals surface area contributed by atoms with E-state index in [0.717, 1.165) is 19.8 Å². The van der Waals surface area contributed by atoms with Gasteiger partial charge in [0, 0.05) is 6.61 Å². The Morgan fingerprint density at radius 3 is 2.53 bits per heavy atom. The fraction of sp³-hybridized carbons (Fsp3) is 1.00. The van der Waals surface area contributed by atoms with E-state index in [1.807, 2.05) is 0 Å². The number of halogens is 1. The van der Waals surface area contributed by atoms with Gasteiger partial charge in [-0.25, -0.2) is 0 Å². The molecule has 2 atom stereocenters. The van der Waals surface area contributed by atoms with Crippen molar-refractivity contribution in [3.8, 4) is 0 Å². The summed E-state index contributed by atoms with van der Waals surface area (Å²) in [4.78, 5) is 0. The van der Waals surface area contributed by atoms with E-state index in [-0.39, 0.29) is 0 Å². The molecular formula is C12H23IO2. The maximum atomic E-state index is 5.79. The van der Waals surface area contributed by atoms with Crippen LogP contribution in [0.2, 0.25) is 0 Å². The number of hydrogen-bond acceptors (Lipinski definition) is 2. The smallest absolute Gasteiger partial charge is 0.0948 e. The molecule has 1 saturated heterocycles. The summed E-state index contributed by atoms with van der Waals surface area (Å²) < 4.78 is 11.7. The summed E-state index contributed by atoms with van der Waals surface area (Å²) in [5, 5.41) is 0. The van der Waals surface area contributed by atoms with Gasteiger partial charge in [-0.15, -0.1) is 0 Å². The minimum atomic E-state index is 0.348. The lowest BCUT2D eigenvalue weighted by Crippen LogP contribution is -2.22. The molecule has 1 rings (SSSR count). The van der Waals surface area contributed by atoms with Crippen LogP contribution in [-0.2, 0) is 9.47 Å². The summed E-state index contributed by atoms with van der Waals surface area (Å²) in [5.41, 5.74) is 0. The van der Waals surface area contributed by atoms with Crippen LogP contribution in [-0.4, -0.2) is 29.8 Å². The van der Waals surface area contributed by atoms with Gasteiger partial charge in [0.25, 0.3) is 0 Å². The van der Waals surface area contributed by atoms with Crippen LogP contribution in [0.15, 0.2) is 0 Å². The molecule has 2 unspecified atom stereocenters. The fourth-order valence-electron chi connectivity index (χ4n) is 1.78. The molecule has 1 aliphatic heterocycles. The van der Waals surface area contributed by atoms with Crippen LogP contribution in [0.4, 0.5) is 0 Å². The van der Waals surface area contributed by atoms with Crippen LogP contribution in [0.1, 0.15) is 45.4 Å². The highest BCUT2D eigenvalue weighted by Gasteiger charge is 2.25. The monoisotopic (exact) mass is 326 g/mol. The van der Waals surface area contributed by atoms with Crippen LogP contribution in [0.5, 0.6) is 0 Å². The van der Waals surface area contributed by atoms with Crippen molar-refractivity contribution in [3.05, 3.63) is 0 Å². The maximum Gasteiger partial charge on any atom is 0.0948 e. The van der Waals surface area contributed by atoms with Crippen LogP contribution in [0.25, 0.3) is 0 Å². The molecule has 0 aliphatic carbocycles. The lowest BCUT2D eigenvalue weighted by Gasteiger charge is -2.12. The SMILES string of the molecule is CCCCCCCCOC1COCC1I.